The molecule has 0 saturated carbocycles. The molecule has 138 valence electrons. The molecule has 1 fully saturated rings. The number of fused-ring (bicyclic) bond motifs is 1. The Kier molecular flexibility index (Phi) is 8.02. The van der Waals surface area contributed by atoms with E-state index in [2.05, 4.69) is 10.2 Å². The second-order valence-electron chi connectivity index (χ2n) is 5.43. The lowest BCUT2D eigenvalue weighted by Crippen LogP contribution is -2.36. The van der Waals surface area contributed by atoms with E-state index in [1.807, 2.05) is 24.3 Å². The number of anilines is 1. The number of carbonyl (C=O) groups excluding carboxylic acids is 1. The number of guanidine groups is 1. The van der Waals surface area contributed by atoms with Gasteiger partial charge in [-0.3, -0.25) is 15.5 Å². The van der Waals surface area contributed by atoms with Crippen molar-refractivity contribution >= 4 is 48.4 Å². The Morgan fingerprint density at radius 1 is 1.20 bits per heavy atom. The third-order valence-electron chi connectivity index (χ3n) is 3.86. The van der Waals surface area contributed by atoms with Crippen LogP contribution in [-0.4, -0.2) is 44.8 Å². The van der Waals surface area contributed by atoms with Gasteiger partial charge in [0.1, 0.15) is 5.75 Å². The molecule has 4 N–H and O–H groups in total. The molecule has 1 saturated heterocycles. The third-order valence-corrected chi connectivity index (χ3v) is 3.86. The summed E-state index contributed by atoms with van der Waals surface area (Å²) in [5, 5.41) is 9.50. The monoisotopic (exact) mass is 388 g/mol. The fourth-order valence-corrected chi connectivity index (χ4v) is 2.77. The van der Waals surface area contributed by atoms with Crippen molar-refractivity contribution in [2.75, 3.05) is 37.8 Å². The summed E-state index contributed by atoms with van der Waals surface area (Å²) in [6.07, 6.45) is 2.28. The predicted molar refractivity (Wildman–Crippen MR) is 102 cm³/mol. The second-order valence-corrected chi connectivity index (χ2v) is 5.43. The Labute approximate surface area is 158 Å². The van der Waals surface area contributed by atoms with Crippen LogP contribution in [0.2, 0.25) is 0 Å². The van der Waals surface area contributed by atoms with Crippen molar-refractivity contribution in [1.29, 1.82) is 5.41 Å². The average Bonchev–Trinajstić information content (AvgIpc) is 2.77. The molecule has 9 heteroatoms. The normalized spacial score (nSPS) is 16.0. The highest BCUT2D eigenvalue weighted by Gasteiger charge is 2.21. The first-order chi connectivity index (χ1) is 11.1. The Balaban J connectivity index is 0.00000156. The molecule has 25 heavy (non-hydrogen) atoms. The van der Waals surface area contributed by atoms with Crippen LogP contribution in [0.15, 0.2) is 23.8 Å². The lowest BCUT2D eigenvalue weighted by Gasteiger charge is -2.30. The Bertz CT molecular complexity index is 661. The molecule has 0 aromatic heterocycles. The van der Waals surface area contributed by atoms with Gasteiger partial charge in [-0.2, -0.15) is 0 Å². The number of halogens is 2. The maximum absolute atomic E-state index is 12.1. The maximum atomic E-state index is 12.1. The molecular weight excluding hydrogens is 367 g/mol. The van der Waals surface area contributed by atoms with E-state index < -0.39 is 0 Å². The van der Waals surface area contributed by atoms with Crippen molar-refractivity contribution < 1.29 is 14.3 Å². The van der Waals surface area contributed by atoms with Crippen molar-refractivity contribution in [3.8, 4) is 5.75 Å². The van der Waals surface area contributed by atoms with E-state index in [0.717, 1.165) is 30.1 Å². The minimum atomic E-state index is -0.358. The van der Waals surface area contributed by atoms with Crippen LogP contribution in [0.4, 0.5) is 5.69 Å². The van der Waals surface area contributed by atoms with Crippen LogP contribution in [0.1, 0.15) is 12.0 Å². The molecule has 0 atom stereocenters. The van der Waals surface area contributed by atoms with Gasteiger partial charge in [-0.25, -0.2) is 0 Å². The summed E-state index contributed by atoms with van der Waals surface area (Å²) in [4.78, 5) is 14.3. The van der Waals surface area contributed by atoms with Gasteiger partial charge in [-0.15, -0.1) is 24.8 Å². The summed E-state index contributed by atoms with van der Waals surface area (Å²) in [6, 6.07) is 5.90. The van der Waals surface area contributed by atoms with Crippen molar-refractivity contribution in [2.24, 2.45) is 5.73 Å². The molecule has 1 aromatic carbocycles. The van der Waals surface area contributed by atoms with E-state index in [1.165, 1.54) is 0 Å². The fraction of sp³-hybridized carbons (Fsp3) is 0.375. The summed E-state index contributed by atoms with van der Waals surface area (Å²) < 4.78 is 11.3. The van der Waals surface area contributed by atoms with Crippen molar-refractivity contribution in [1.82, 2.24) is 5.32 Å². The molecule has 1 aromatic rings. The van der Waals surface area contributed by atoms with Crippen molar-refractivity contribution in [2.45, 2.75) is 6.42 Å². The highest BCUT2D eigenvalue weighted by molar-refractivity contribution is 6.06. The number of para-hydroxylation sites is 1. The summed E-state index contributed by atoms with van der Waals surface area (Å²) in [5.41, 5.74) is 7.67. The highest BCUT2D eigenvalue weighted by atomic mass is 35.5. The summed E-state index contributed by atoms with van der Waals surface area (Å²) in [6.45, 7) is 3.45. The standard InChI is InChI=1S/C16H20N4O3.2ClH/c17-16(18)19-15(21)12-4-7-23-14-11(10-12)2-1-3-13(14)20-5-8-22-9-6-20;;/h1-3,10H,4-9H2,(H4,17,18,19,21);2*1H. The molecule has 3 rings (SSSR count). The SMILES string of the molecule is Cl.Cl.N=C(N)NC(=O)C1=Cc2cccc(N3CCOCC3)c2OCC1. The maximum Gasteiger partial charge on any atom is 0.254 e. The van der Waals surface area contributed by atoms with Gasteiger partial charge in [0.2, 0.25) is 0 Å². The van der Waals surface area contributed by atoms with Gasteiger partial charge in [0.05, 0.1) is 25.5 Å². The lowest BCUT2D eigenvalue weighted by atomic mass is 10.1. The van der Waals surface area contributed by atoms with Gasteiger partial charge in [0.15, 0.2) is 5.96 Å². The van der Waals surface area contributed by atoms with Crippen LogP contribution in [0.3, 0.4) is 0 Å². The zero-order valence-corrected chi connectivity index (χ0v) is 15.3. The van der Waals surface area contributed by atoms with Gasteiger partial charge in [-0.1, -0.05) is 12.1 Å². The molecule has 0 bridgehead atoms. The Morgan fingerprint density at radius 2 is 1.92 bits per heavy atom. The second kappa shape index (κ2) is 9.50. The average molecular weight is 389 g/mol. The molecule has 1 amide bonds. The van der Waals surface area contributed by atoms with Crippen LogP contribution in [0.25, 0.3) is 6.08 Å². The summed E-state index contributed by atoms with van der Waals surface area (Å²) >= 11 is 0. The number of carbonyl (C=O) groups is 1. The smallest absolute Gasteiger partial charge is 0.254 e. The first-order valence-electron chi connectivity index (χ1n) is 7.59. The number of morpholine rings is 1. The Hall–Kier alpha value is -1.96. The molecule has 0 aliphatic carbocycles. The van der Waals surface area contributed by atoms with Gasteiger partial charge < -0.3 is 20.1 Å². The van der Waals surface area contributed by atoms with Crippen molar-refractivity contribution in [3.63, 3.8) is 0 Å². The quantitative estimate of drug-likeness (QED) is 0.526. The van der Waals surface area contributed by atoms with Crippen LogP contribution in [0.5, 0.6) is 5.75 Å². The molecule has 7 nitrogen and oxygen atoms in total. The van der Waals surface area contributed by atoms with Gasteiger partial charge >= 0.3 is 0 Å². The number of hydrogen-bond donors (Lipinski definition) is 3. The van der Waals surface area contributed by atoms with E-state index in [4.69, 9.17) is 20.6 Å². The number of benzene rings is 1. The predicted octanol–water partition coefficient (Wildman–Crippen LogP) is 1.54. The van der Waals surface area contributed by atoms with E-state index in [-0.39, 0.29) is 36.7 Å². The van der Waals surface area contributed by atoms with E-state index in [9.17, 15) is 4.79 Å². The van der Waals surface area contributed by atoms with Gasteiger partial charge in [0.25, 0.3) is 5.91 Å². The first kappa shape index (κ1) is 21.1. The Morgan fingerprint density at radius 3 is 2.60 bits per heavy atom. The van der Waals surface area contributed by atoms with Crippen LogP contribution >= 0.6 is 24.8 Å². The van der Waals surface area contributed by atoms with Crippen LogP contribution in [0, 0.1) is 5.41 Å². The number of hydrogen-bond acceptors (Lipinski definition) is 5. The molecule has 0 spiro atoms. The van der Waals surface area contributed by atoms with Gasteiger partial charge in [0, 0.05) is 30.6 Å². The third kappa shape index (κ3) is 5.01. The lowest BCUT2D eigenvalue weighted by molar-refractivity contribution is -0.116. The number of rotatable bonds is 2. The molecule has 2 aliphatic heterocycles. The minimum absolute atomic E-state index is 0. The number of amides is 1. The largest absolute Gasteiger partial charge is 0.490 e. The summed E-state index contributed by atoms with van der Waals surface area (Å²) in [7, 11) is 0. The zero-order valence-electron chi connectivity index (χ0n) is 13.6. The fourth-order valence-electron chi connectivity index (χ4n) is 2.77. The van der Waals surface area contributed by atoms with Crippen LogP contribution in [-0.2, 0) is 9.53 Å². The number of nitrogens with zero attached hydrogens (tertiary/aromatic N) is 1. The molecular formula is C16H22Cl2N4O3. The number of nitrogens with one attached hydrogen (secondary N) is 2. The minimum Gasteiger partial charge on any atom is -0.490 e. The van der Waals surface area contributed by atoms with Gasteiger partial charge in [-0.05, 0) is 12.1 Å². The van der Waals surface area contributed by atoms with E-state index >= 15 is 0 Å². The first-order valence-corrected chi connectivity index (χ1v) is 7.59. The number of nitrogens with two attached hydrogens (primary N) is 1. The van der Waals surface area contributed by atoms with Crippen molar-refractivity contribution in [3.05, 3.63) is 29.3 Å². The zero-order chi connectivity index (χ0) is 16.2. The summed E-state index contributed by atoms with van der Waals surface area (Å²) in [5.74, 6) is 0.0779. The van der Waals surface area contributed by atoms with E-state index in [0.29, 0.717) is 31.8 Å². The molecule has 0 unspecified atom stereocenters. The topological polar surface area (TPSA) is 101 Å². The van der Waals surface area contributed by atoms with Crippen LogP contribution < -0.4 is 20.7 Å². The molecule has 0 radical (unpaired) electrons. The van der Waals surface area contributed by atoms with E-state index in [1.54, 1.807) is 0 Å². The molecule has 2 aliphatic rings. The molecule has 2 heterocycles. The number of ether oxygens (including phenoxy) is 2. The highest BCUT2D eigenvalue weighted by Crippen LogP contribution is 2.36.